The number of hydrogen-bond acceptors (Lipinski definition) is 8. The second-order valence-electron chi connectivity index (χ2n) is 9.94. The van der Waals surface area contributed by atoms with Gasteiger partial charge < -0.3 is 29.0 Å². The first-order chi connectivity index (χ1) is 18.5. The largest absolute Gasteiger partial charge is 0.481 e. The Balaban J connectivity index is 1.41. The first kappa shape index (κ1) is 26.4. The molecule has 5 rings (SSSR count). The monoisotopic (exact) mass is 525 g/mol. The maximum atomic E-state index is 13.7. The van der Waals surface area contributed by atoms with Crippen LogP contribution in [0.25, 0.3) is 0 Å². The number of carboxylic acids is 1. The molecule has 0 bridgehead atoms. The topological polar surface area (TPSA) is 111 Å². The molecule has 2 fully saturated rings. The highest BCUT2D eigenvalue weighted by molar-refractivity contribution is 5.94. The summed E-state index contributed by atoms with van der Waals surface area (Å²) in [7, 11) is 0. The average Bonchev–Trinajstić information content (AvgIpc) is 3.68. The van der Waals surface area contributed by atoms with Crippen molar-refractivity contribution in [1.82, 2.24) is 9.88 Å². The van der Waals surface area contributed by atoms with Crippen molar-refractivity contribution in [2.45, 2.75) is 50.9 Å². The molecule has 1 amide bonds. The number of aromatic nitrogens is 1. The van der Waals surface area contributed by atoms with Crippen LogP contribution in [0.3, 0.4) is 0 Å². The lowest BCUT2D eigenvalue weighted by molar-refractivity contribution is -0.143. The molecule has 10 nitrogen and oxygen atoms in total. The fraction of sp³-hybridized carbons (Fsp3) is 0.536. The van der Waals surface area contributed by atoms with E-state index >= 15 is 0 Å². The Bertz CT molecular complexity index is 1110. The number of nitrogens with zero attached hydrogens (tertiary/aromatic N) is 3. The maximum absolute atomic E-state index is 13.7. The van der Waals surface area contributed by atoms with E-state index < -0.39 is 11.9 Å². The molecule has 38 heavy (non-hydrogen) atoms. The van der Waals surface area contributed by atoms with E-state index in [0.717, 1.165) is 24.1 Å². The van der Waals surface area contributed by atoms with Crippen molar-refractivity contribution < 1.29 is 33.6 Å². The summed E-state index contributed by atoms with van der Waals surface area (Å²) in [6, 6.07) is 8.95. The van der Waals surface area contributed by atoms with Gasteiger partial charge in [-0.15, -0.1) is 0 Å². The van der Waals surface area contributed by atoms with Crippen LogP contribution in [0.1, 0.15) is 44.1 Å². The Kier molecular flexibility index (Phi) is 8.41. The predicted molar refractivity (Wildman–Crippen MR) is 138 cm³/mol. The van der Waals surface area contributed by atoms with Crippen LogP contribution in [0.4, 0.5) is 5.69 Å². The van der Waals surface area contributed by atoms with Gasteiger partial charge in [-0.2, -0.15) is 0 Å². The summed E-state index contributed by atoms with van der Waals surface area (Å²) < 4.78 is 22.3. The van der Waals surface area contributed by atoms with Gasteiger partial charge in [-0.1, -0.05) is 19.4 Å². The normalized spacial score (nSPS) is 23.1. The summed E-state index contributed by atoms with van der Waals surface area (Å²) in [5, 5.41) is 10.4. The number of likely N-dealkylation sites (tertiary alicyclic amines) is 1. The molecule has 204 valence electrons. The number of hydrogen-bond donors (Lipinski definition) is 1. The zero-order valence-electron chi connectivity index (χ0n) is 21.7. The van der Waals surface area contributed by atoms with Gasteiger partial charge >= 0.3 is 5.97 Å². The molecule has 1 N–H and O–H groups in total. The number of aliphatic carboxylic acids is 1. The van der Waals surface area contributed by atoms with Crippen LogP contribution in [0.5, 0.6) is 11.5 Å². The zero-order valence-corrected chi connectivity index (χ0v) is 21.7. The number of carbonyl (C=O) groups is 2. The maximum Gasteiger partial charge on any atom is 0.308 e. The van der Waals surface area contributed by atoms with Gasteiger partial charge in [0, 0.05) is 31.2 Å². The summed E-state index contributed by atoms with van der Waals surface area (Å²) in [6.45, 7) is 4.45. The molecule has 10 heteroatoms. The van der Waals surface area contributed by atoms with Gasteiger partial charge in [-0.3, -0.25) is 19.5 Å². The van der Waals surface area contributed by atoms with Crippen molar-refractivity contribution in [3.05, 3.63) is 48.3 Å². The van der Waals surface area contributed by atoms with Crippen LogP contribution in [0.2, 0.25) is 0 Å². The molecule has 0 radical (unpaired) electrons. The molecule has 3 unspecified atom stereocenters. The number of benzene rings is 1. The number of carboxylic acid groups (broad SMARTS) is 1. The first-order valence-corrected chi connectivity index (χ1v) is 13.3. The number of pyridine rings is 1. The van der Waals surface area contributed by atoms with Crippen molar-refractivity contribution in [1.29, 1.82) is 0 Å². The minimum Gasteiger partial charge on any atom is -0.481 e. The number of fused-ring (bicyclic) bond motifs is 1. The number of unbranched alkanes of at least 4 members (excludes halogenated alkanes) is 1. The number of amides is 1. The number of rotatable bonds is 11. The molecule has 4 heterocycles. The van der Waals surface area contributed by atoms with Crippen LogP contribution in [0.15, 0.2) is 42.7 Å². The molecule has 3 aliphatic heterocycles. The van der Waals surface area contributed by atoms with Crippen molar-refractivity contribution >= 4 is 17.6 Å². The smallest absolute Gasteiger partial charge is 0.308 e. The Labute approximate surface area is 222 Å². The highest BCUT2D eigenvalue weighted by Gasteiger charge is 2.47. The van der Waals surface area contributed by atoms with Gasteiger partial charge in [0.15, 0.2) is 17.8 Å². The molecular formula is C28H35N3O7. The van der Waals surface area contributed by atoms with E-state index in [0.29, 0.717) is 50.6 Å². The second-order valence-corrected chi connectivity index (χ2v) is 9.94. The van der Waals surface area contributed by atoms with E-state index in [1.807, 2.05) is 35.2 Å². The Morgan fingerprint density at radius 2 is 1.95 bits per heavy atom. The van der Waals surface area contributed by atoms with Crippen molar-refractivity contribution in [3.63, 3.8) is 0 Å². The molecule has 0 aliphatic carbocycles. The third kappa shape index (κ3) is 5.77. The quantitative estimate of drug-likeness (QED) is 0.473. The molecular weight excluding hydrogens is 490 g/mol. The van der Waals surface area contributed by atoms with Gasteiger partial charge in [0.2, 0.25) is 12.7 Å². The van der Waals surface area contributed by atoms with Crippen LogP contribution in [-0.4, -0.2) is 78.8 Å². The fourth-order valence-corrected chi connectivity index (χ4v) is 5.70. The standard InChI is InChI=1S/C28H35N3O7/c1-2-3-11-31(20-5-4-10-29-15-20)25(32)17-30-16-21(19-6-8-23-24(14-19)38-18-37-23)27(28(33)34)22(30)7-9-26-35-12-13-36-26/h4-6,8,10,14-15,21-22,26-27H,2-3,7,9,11-13,16-18H2,1H3,(H,33,34). The van der Waals surface area contributed by atoms with E-state index in [1.165, 1.54) is 0 Å². The second kappa shape index (κ2) is 12.1. The van der Waals surface area contributed by atoms with Crippen LogP contribution in [0, 0.1) is 5.92 Å². The van der Waals surface area contributed by atoms with E-state index in [-0.39, 0.29) is 37.5 Å². The third-order valence-corrected chi connectivity index (χ3v) is 7.58. The lowest BCUT2D eigenvalue weighted by Crippen LogP contribution is -2.44. The summed E-state index contributed by atoms with van der Waals surface area (Å²) >= 11 is 0. The minimum absolute atomic E-state index is 0.0692. The SMILES string of the molecule is CCCCN(C(=O)CN1CC(c2ccc3c(c2)OCO3)C(C(=O)O)C1CCC1OCCO1)c1cccnc1. The van der Waals surface area contributed by atoms with E-state index in [1.54, 1.807) is 17.3 Å². The Hall–Kier alpha value is -3.21. The molecule has 0 saturated carbocycles. The van der Waals surface area contributed by atoms with Gasteiger partial charge in [0.1, 0.15) is 0 Å². The van der Waals surface area contributed by atoms with Gasteiger partial charge in [-0.25, -0.2) is 0 Å². The van der Waals surface area contributed by atoms with Gasteiger partial charge in [-0.05, 0) is 49.1 Å². The Morgan fingerprint density at radius 1 is 1.13 bits per heavy atom. The van der Waals surface area contributed by atoms with Gasteiger partial charge in [0.25, 0.3) is 0 Å². The molecule has 3 aliphatic rings. The molecule has 1 aromatic heterocycles. The Morgan fingerprint density at radius 3 is 2.68 bits per heavy atom. The number of anilines is 1. The number of ether oxygens (including phenoxy) is 4. The van der Waals surface area contributed by atoms with Crippen LogP contribution in [-0.2, 0) is 19.1 Å². The zero-order chi connectivity index (χ0) is 26.5. The van der Waals surface area contributed by atoms with E-state index in [2.05, 4.69) is 11.9 Å². The molecule has 2 aromatic rings. The summed E-state index contributed by atoms with van der Waals surface area (Å²) in [6.07, 6.45) is 5.95. The third-order valence-electron chi connectivity index (χ3n) is 7.58. The van der Waals surface area contributed by atoms with E-state index in [4.69, 9.17) is 18.9 Å². The lowest BCUT2D eigenvalue weighted by Gasteiger charge is -2.30. The van der Waals surface area contributed by atoms with Gasteiger partial charge in [0.05, 0.1) is 37.6 Å². The molecule has 0 spiro atoms. The summed E-state index contributed by atoms with van der Waals surface area (Å²) in [5.74, 6) is -0.690. The minimum atomic E-state index is -0.879. The average molecular weight is 526 g/mol. The first-order valence-electron chi connectivity index (χ1n) is 13.3. The van der Waals surface area contributed by atoms with Crippen LogP contribution < -0.4 is 14.4 Å². The highest BCUT2D eigenvalue weighted by Crippen LogP contribution is 2.43. The number of carbonyl (C=O) groups excluding carboxylic acids is 1. The fourth-order valence-electron chi connectivity index (χ4n) is 5.70. The van der Waals surface area contributed by atoms with Crippen LogP contribution >= 0.6 is 0 Å². The molecule has 2 saturated heterocycles. The van der Waals surface area contributed by atoms with Crippen molar-refractivity contribution in [2.75, 3.05) is 44.5 Å². The molecule has 1 aromatic carbocycles. The van der Waals surface area contributed by atoms with Crippen molar-refractivity contribution in [3.8, 4) is 11.5 Å². The highest BCUT2D eigenvalue weighted by atomic mass is 16.7. The summed E-state index contributed by atoms with van der Waals surface area (Å²) in [4.78, 5) is 34.4. The summed E-state index contributed by atoms with van der Waals surface area (Å²) in [5.41, 5.74) is 1.61. The molecule has 3 atom stereocenters. The van der Waals surface area contributed by atoms with E-state index in [9.17, 15) is 14.7 Å². The lowest BCUT2D eigenvalue weighted by atomic mass is 9.83. The predicted octanol–water partition coefficient (Wildman–Crippen LogP) is 3.27. The van der Waals surface area contributed by atoms with Crippen molar-refractivity contribution in [2.24, 2.45) is 5.92 Å².